The van der Waals surface area contributed by atoms with E-state index in [1.54, 1.807) is 0 Å². The summed E-state index contributed by atoms with van der Waals surface area (Å²) in [7, 11) is 0. The van der Waals surface area contributed by atoms with Crippen LogP contribution in [0.3, 0.4) is 0 Å². The van der Waals surface area contributed by atoms with Gasteiger partial charge in [-0.15, -0.1) is 0 Å². The Labute approximate surface area is 81.4 Å². The Morgan fingerprint density at radius 1 is 1.36 bits per heavy atom. The molecule has 0 aliphatic heterocycles. The van der Waals surface area contributed by atoms with Gasteiger partial charge >= 0.3 is 5.97 Å². The summed E-state index contributed by atoms with van der Waals surface area (Å²) in [6.07, 6.45) is 0. The minimum absolute atomic E-state index is 0.0381. The van der Waals surface area contributed by atoms with Crippen molar-refractivity contribution in [3.63, 3.8) is 0 Å². The molecule has 0 aromatic heterocycles. The van der Waals surface area contributed by atoms with E-state index in [1.165, 1.54) is 26.0 Å². The van der Waals surface area contributed by atoms with Crippen LogP contribution in [0.4, 0.5) is 0 Å². The highest BCUT2D eigenvalue weighted by Crippen LogP contribution is 2.33. The molecule has 1 aromatic rings. The van der Waals surface area contributed by atoms with Gasteiger partial charge in [0.05, 0.1) is 5.92 Å². The van der Waals surface area contributed by atoms with Crippen LogP contribution in [0, 0.1) is 6.92 Å². The van der Waals surface area contributed by atoms with Crippen LogP contribution in [0.25, 0.3) is 0 Å². The highest BCUT2D eigenvalue weighted by atomic mass is 16.4. The number of aromatic hydroxyl groups is 2. The number of hydrogen-bond donors (Lipinski definition) is 3. The summed E-state index contributed by atoms with van der Waals surface area (Å²) in [6, 6.07) is 2.79. The Morgan fingerprint density at radius 2 is 1.93 bits per heavy atom. The SMILES string of the molecule is Cc1c(O)ccc(C(C)C(=O)O)c1O. The van der Waals surface area contributed by atoms with Crippen molar-refractivity contribution >= 4 is 5.97 Å². The Morgan fingerprint density at radius 3 is 2.43 bits per heavy atom. The lowest BCUT2D eigenvalue weighted by Gasteiger charge is -2.11. The van der Waals surface area contributed by atoms with Crippen molar-refractivity contribution in [2.45, 2.75) is 19.8 Å². The first-order valence-corrected chi connectivity index (χ1v) is 4.19. The molecular formula is C10H12O4. The molecule has 1 rings (SSSR count). The molecule has 0 aliphatic carbocycles. The zero-order chi connectivity index (χ0) is 10.9. The van der Waals surface area contributed by atoms with Crippen LogP contribution < -0.4 is 0 Å². The van der Waals surface area contributed by atoms with Crippen molar-refractivity contribution in [3.8, 4) is 11.5 Å². The molecule has 0 radical (unpaired) electrons. The minimum Gasteiger partial charge on any atom is -0.508 e. The molecule has 0 fully saturated rings. The van der Waals surface area contributed by atoms with Gasteiger partial charge < -0.3 is 15.3 Å². The van der Waals surface area contributed by atoms with Crippen LogP contribution in [0.2, 0.25) is 0 Å². The molecule has 4 heteroatoms. The quantitative estimate of drug-likeness (QED) is 0.671. The topological polar surface area (TPSA) is 77.8 Å². The minimum atomic E-state index is -1.01. The van der Waals surface area contributed by atoms with Gasteiger partial charge in [-0.1, -0.05) is 6.07 Å². The second-order valence-electron chi connectivity index (χ2n) is 3.21. The molecule has 0 aliphatic rings. The maximum Gasteiger partial charge on any atom is 0.310 e. The predicted molar refractivity (Wildman–Crippen MR) is 50.6 cm³/mol. The van der Waals surface area contributed by atoms with E-state index in [-0.39, 0.29) is 11.5 Å². The monoisotopic (exact) mass is 196 g/mol. The number of hydrogen-bond acceptors (Lipinski definition) is 3. The third-order valence-corrected chi connectivity index (χ3v) is 2.27. The number of carboxylic acids is 1. The molecule has 0 bridgehead atoms. The van der Waals surface area contributed by atoms with E-state index in [1.807, 2.05) is 0 Å². The number of carboxylic acid groups (broad SMARTS) is 1. The Hall–Kier alpha value is -1.71. The molecular weight excluding hydrogens is 184 g/mol. The van der Waals surface area contributed by atoms with Gasteiger partial charge in [0.15, 0.2) is 0 Å². The van der Waals surface area contributed by atoms with E-state index >= 15 is 0 Å². The second kappa shape index (κ2) is 3.57. The van der Waals surface area contributed by atoms with Crippen molar-refractivity contribution in [2.24, 2.45) is 0 Å². The number of phenolic OH excluding ortho intramolecular Hbond substituents is 2. The lowest BCUT2D eigenvalue weighted by Crippen LogP contribution is -2.07. The molecule has 4 nitrogen and oxygen atoms in total. The third-order valence-electron chi connectivity index (χ3n) is 2.27. The van der Waals surface area contributed by atoms with E-state index in [2.05, 4.69) is 0 Å². The number of carbonyl (C=O) groups is 1. The second-order valence-corrected chi connectivity index (χ2v) is 3.21. The van der Waals surface area contributed by atoms with Gasteiger partial charge in [-0.2, -0.15) is 0 Å². The first kappa shape index (κ1) is 10.4. The van der Waals surface area contributed by atoms with E-state index < -0.39 is 11.9 Å². The van der Waals surface area contributed by atoms with Gasteiger partial charge in [-0.3, -0.25) is 4.79 Å². The third kappa shape index (κ3) is 1.64. The molecule has 14 heavy (non-hydrogen) atoms. The first-order valence-electron chi connectivity index (χ1n) is 4.19. The van der Waals surface area contributed by atoms with Gasteiger partial charge in [0, 0.05) is 11.1 Å². The van der Waals surface area contributed by atoms with Gasteiger partial charge in [0.2, 0.25) is 0 Å². The lowest BCUT2D eigenvalue weighted by atomic mass is 9.97. The van der Waals surface area contributed by atoms with Crippen LogP contribution in [0.15, 0.2) is 12.1 Å². The summed E-state index contributed by atoms with van der Waals surface area (Å²) < 4.78 is 0. The fourth-order valence-electron chi connectivity index (χ4n) is 1.19. The van der Waals surface area contributed by atoms with Crippen LogP contribution in [-0.4, -0.2) is 21.3 Å². The number of benzene rings is 1. The molecule has 1 aromatic carbocycles. The normalized spacial score (nSPS) is 12.4. The summed E-state index contributed by atoms with van der Waals surface area (Å²) in [5.41, 5.74) is 0.614. The van der Waals surface area contributed by atoms with Crippen molar-refractivity contribution in [1.29, 1.82) is 0 Å². The summed E-state index contributed by atoms with van der Waals surface area (Å²) in [5, 5.41) is 27.6. The van der Waals surface area contributed by atoms with E-state index in [9.17, 15) is 15.0 Å². The lowest BCUT2D eigenvalue weighted by molar-refractivity contribution is -0.138. The zero-order valence-electron chi connectivity index (χ0n) is 7.98. The zero-order valence-corrected chi connectivity index (χ0v) is 7.98. The van der Waals surface area contributed by atoms with Crippen LogP contribution in [0.1, 0.15) is 24.0 Å². The van der Waals surface area contributed by atoms with Gasteiger partial charge in [0.25, 0.3) is 0 Å². The number of aliphatic carboxylic acids is 1. The molecule has 1 unspecified atom stereocenters. The molecule has 0 spiro atoms. The van der Waals surface area contributed by atoms with Crippen molar-refractivity contribution in [2.75, 3.05) is 0 Å². The first-order chi connectivity index (χ1) is 6.45. The number of rotatable bonds is 2. The Kier molecular flexibility index (Phi) is 2.65. The van der Waals surface area contributed by atoms with Crippen molar-refractivity contribution in [3.05, 3.63) is 23.3 Å². The average molecular weight is 196 g/mol. The van der Waals surface area contributed by atoms with E-state index in [0.29, 0.717) is 11.1 Å². The van der Waals surface area contributed by atoms with Crippen molar-refractivity contribution in [1.82, 2.24) is 0 Å². The van der Waals surface area contributed by atoms with Crippen molar-refractivity contribution < 1.29 is 20.1 Å². The summed E-state index contributed by atoms with van der Waals surface area (Å²) in [6.45, 7) is 3.01. The van der Waals surface area contributed by atoms with Crippen LogP contribution >= 0.6 is 0 Å². The van der Waals surface area contributed by atoms with Gasteiger partial charge in [-0.05, 0) is 19.9 Å². The maximum absolute atomic E-state index is 10.7. The fourth-order valence-corrected chi connectivity index (χ4v) is 1.19. The smallest absolute Gasteiger partial charge is 0.310 e. The standard InChI is InChI=1S/C10H12O4/c1-5(10(13)14)7-3-4-8(11)6(2)9(7)12/h3-5,11-12H,1-2H3,(H,13,14). The molecule has 1 atom stereocenters. The van der Waals surface area contributed by atoms with E-state index in [0.717, 1.165) is 0 Å². The highest BCUT2D eigenvalue weighted by molar-refractivity contribution is 5.77. The maximum atomic E-state index is 10.7. The molecule has 0 saturated heterocycles. The summed E-state index contributed by atoms with van der Waals surface area (Å²) >= 11 is 0. The molecule has 76 valence electrons. The molecule has 0 heterocycles. The largest absolute Gasteiger partial charge is 0.508 e. The molecule has 3 N–H and O–H groups in total. The summed E-state index contributed by atoms with van der Waals surface area (Å²) in [5.74, 6) is -1.98. The average Bonchev–Trinajstić information content (AvgIpc) is 2.13. The van der Waals surface area contributed by atoms with Gasteiger partial charge in [0.1, 0.15) is 11.5 Å². The molecule has 0 amide bonds. The molecule has 0 saturated carbocycles. The Balaban J connectivity index is 3.24. The summed E-state index contributed by atoms with van der Waals surface area (Å²) in [4.78, 5) is 10.7. The predicted octanol–water partition coefficient (Wildman–Crippen LogP) is 1.59. The van der Waals surface area contributed by atoms with Crippen LogP contribution in [-0.2, 0) is 4.79 Å². The highest BCUT2D eigenvalue weighted by Gasteiger charge is 2.19. The fraction of sp³-hybridized carbons (Fsp3) is 0.300. The number of phenols is 2. The van der Waals surface area contributed by atoms with E-state index in [4.69, 9.17) is 5.11 Å². The Bertz CT molecular complexity index is 371. The van der Waals surface area contributed by atoms with Gasteiger partial charge in [-0.25, -0.2) is 0 Å². The van der Waals surface area contributed by atoms with Crippen LogP contribution in [0.5, 0.6) is 11.5 Å².